The molecule has 0 aliphatic heterocycles. The van der Waals surface area contributed by atoms with E-state index in [1.807, 2.05) is 0 Å². The van der Waals surface area contributed by atoms with Crippen LogP contribution in [0.15, 0.2) is 12.1 Å². The third-order valence-electron chi connectivity index (χ3n) is 2.17. The second-order valence-corrected chi connectivity index (χ2v) is 4.79. The smallest absolute Gasteiger partial charge is 0.0653 e. The first-order chi connectivity index (χ1) is 7.54. The van der Waals surface area contributed by atoms with Crippen LogP contribution in [0.25, 0.3) is 0 Å². The van der Waals surface area contributed by atoms with E-state index in [-0.39, 0.29) is 6.04 Å². The Labute approximate surface area is 111 Å². The third-order valence-corrected chi connectivity index (χ3v) is 3.20. The molecule has 0 aliphatic rings. The van der Waals surface area contributed by atoms with Crippen LogP contribution < -0.4 is 5.32 Å². The summed E-state index contributed by atoms with van der Waals surface area (Å²) >= 11 is 17.8. The molecule has 0 saturated heterocycles. The van der Waals surface area contributed by atoms with Crippen molar-refractivity contribution < 1.29 is 4.74 Å². The summed E-state index contributed by atoms with van der Waals surface area (Å²) < 4.78 is 5.00. The van der Waals surface area contributed by atoms with Crippen molar-refractivity contribution in [2.75, 3.05) is 19.0 Å². The minimum atomic E-state index is 0.259. The monoisotopic (exact) mass is 281 g/mol. The SMILES string of the molecule is COCCC(C)Nc1cc(Cl)c(Cl)cc1Cl. The molecular formula is C11H14Cl3NO. The predicted octanol–water partition coefficient (Wildman–Crippen LogP) is 4.48. The fourth-order valence-electron chi connectivity index (χ4n) is 1.27. The number of nitrogens with one attached hydrogen (secondary N) is 1. The van der Waals surface area contributed by atoms with Crippen LogP contribution in [0, 0.1) is 0 Å². The largest absolute Gasteiger partial charge is 0.385 e. The van der Waals surface area contributed by atoms with E-state index in [0.717, 1.165) is 12.1 Å². The van der Waals surface area contributed by atoms with E-state index >= 15 is 0 Å². The molecule has 0 radical (unpaired) electrons. The maximum Gasteiger partial charge on any atom is 0.0653 e. The molecule has 0 saturated carbocycles. The van der Waals surface area contributed by atoms with Gasteiger partial charge in [-0.3, -0.25) is 0 Å². The molecule has 1 unspecified atom stereocenters. The summed E-state index contributed by atoms with van der Waals surface area (Å²) in [6.07, 6.45) is 0.896. The highest BCUT2D eigenvalue weighted by Crippen LogP contribution is 2.32. The van der Waals surface area contributed by atoms with Gasteiger partial charge in [-0.15, -0.1) is 0 Å². The Morgan fingerprint density at radius 1 is 1.19 bits per heavy atom. The van der Waals surface area contributed by atoms with Crippen LogP contribution in [-0.4, -0.2) is 19.8 Å². The van der Waals surface area contributed by atoms with Crippen molar-refractivity contribution in [2.45, 2.75) is 19.4 Å². The van der Waals surface area contributed by atoms with Crippen LogP contribution in [0.2, 0.25) is 15.1 Å². The van der Waals surface area contributed by atoms with Gasteiger partial charge in [0.25, 0.3) is 0 Å². The number of benzene rings is 1. The minimum Gasteiger partial charge on any atom is -0.385 e. The van der Waals surface area contributed by atoms with Crippen molar-refractivity contribution in [3.05, 3.63) is 27.2 Å². The van der Waals surface area contributed by atoms with Gasteiger partial charge in [-0.05, 0) is 25.5 Å². The Kier molecular flexibility index (Phi) is 5.70. The Balaban J connectivity index is 2.69. The van der Waals surface area contributed by atoms with Crippen molar-refractivity contribution in [3.63, 3.8) is 0 Å². The van der Waals surface area contributed by atoms with Crippen LogP contribution in [0.4, 0.5) is 5.69 Å². The maximum absolute atomic E-state index is 6.04. The summed E-state index contributed by atoms with van der Waals surface area (Å²) in [6, 6.07) is 3.63. The molecule has 16 heavy (non-hydrogen) atoms. The lowest BCUT2D eigenvalue weighted by molar-refractivity contribution is 0.191. The average Bonchev–Trinajstić information content (AvgIpc) is 2.23. The summed E-state index contributed by atoms with van der Waals surface area (Å²) in [5.41, 5.74) is 0.791. The molecule has 0 bridgehead atoms. The first-order valence-electron chi connectivity index (χ1n) is 4.94. The molecule has 2 nitrogen and oxygen atoms in total. The van der Waals surface area contributed by atoms with Crippen LogP contribution in [0.3, 0.4) is 0 Å². The second kappa shape index (κ2) is 6.55. The zero-order valence-electron chi connectivity index (χ0n) is 9.19. The molecule has 1 aromatic rings. The van der Waals surface area contributed by atoms with Crippen LogP contribution >= 0.6 is 34.8 Å². The molecule has 0 aliphatic carbocycles. The van der Waals surface area contributed by atoms with E-state index in [1.165, 1.54) is 0 Å². The second-order valence-electron chi connectivity index (χ2n) is 3.57. The Morgan fingerprint density at radius 3 is 2.44 bits per heavy atom. The van der Waals surface area contributed by atoms with Crippen LogP contribution in [-0.2, 0) is 4.74 Å². The molecule has 90 valence electrons. The lowest BCUT2D eigenvalue weighted by Crippen LogP contribution is -2.17. The van der Waals surface area contributed by atoms with Gasteiger partial charge in [0.1, 0.15) is 0 Å². The zero-order chi connectivity index (χ0) is 12.1. The van der Waals surface area contributed by atoms with Crippen molar-refractivity contribution in [1.29, 1.82) is 0 Å². The number of anilines is 1. The molecular weight excluding hydrogens is 268 g/mol. The summed E-state index contributed by atoms with van der Waals surface area (Å²) in [7, 11) is 1.68. The summed E-state index contributed by atoms with van der Waals surface area (Å²) in [4.78, 5) is 0. The first-order valence-corrected chi connectivity index (χ1v) is 6.08. The number of methoxy groups -OCH3 is 1. The number of rotatable bonds is 5. The van der Waals surface area contributed by atoms with E-state index < -0.39 is 0 Å². The van der Waals surface area contributed by atoms with Crippen molar-refractivity contribution in [3.8, 4) is 0 Å². The first kappa shape index (κ1) is 13.9. The maximum atomic E-state index is 6.04. The lowest BCUT2D eigenvalue weighted by atomic mass is 10.2. The van der Waals surface area contributed by atoms with Crippen molar-refractivity contribution in [2.24, 2.45) is 0 Å². The fraction of sp³-hybridized carbons (Fsp3) is 0.455. The molecule has 0 heterocycles. The zero-order valence-corrected chi connectivity index (χ0v) is 11.5. The Bertz CT molecular complexity index is 357. The number of halogens is 3. The average molecular weight is 283 g/mol. The van der Waals surface area contributed by atoms with Gasteiger partial charge in [-0.1, -0.05) is 34.8 Å². The highest BCUT2D eigenvalue weighted by molar-refractivity contribution is 6.44. The van der Waals surface area contributed by atoms with E-state index in [2.05, 4.69) is 12.2 Å². The molecule has 1 atom stereocenters. The topological polar surface area (TPSA) is 21.3 Å². The van der Waals surface area contributed by atoms with Crippen LogP contribution in [0.5, 0.6) is 0 Å². The summed E-state index contributed by atoms with van der Waals surface area (Å²) in [5, 5.41) is 4.78. The Hall–Kier alpha value is -0.150. The standard InChI is InChI=1S/C11H14Cl3NO/c1-7(3-4-16-2)15-11-6-9(13)8(12)5-10(11)14/h5-7,15H,3-4H2,1-2H3. The molecule has 0 spiro atoms. The van der Waals surface area contributed by atoms with Gasteiger partial charge in [-0.25, -0.2) is 0 Å². The third kappa shape index (κ3) is 4.02. The molecule has 5 heteroatoms. The van der Waals surface area contributed by atoms with Crippen LogP contribution in [0.1, 0.15) is 13.3 Å². The van der Waals surface area contributed by atoms with Gasteiger partial charge in [0.2, 0.25) is 0 Å². The normalized spacial score (nSPS) is 12.6. The summed E-state index contributed by atoms with van der Waals surface area (Å²) in [6.45, 7) is 2.75. The van der Waals surface area contributed by atoms with Gasteiger partial charge < -0.3 is 10.1 Å². The number of hydrogen-bond donors (Lipinski definition) is 1. The summed E-state index contributed by atoms with van der Waals surface area (Å²) in [5.74, 6) is 0. The molecule has 1 rings (SSSR count). The van der Waals surface area contributed by atoms with Crippen molar-refractivity contribution >= 4 is 40.5 Å². The minimum absolute atomic E-state index is 0.259. The van der Waals surface area contributed by atoms with Gasteiger partial charge >= 0.3 is 0 Å². The quantitative estimate of drug-likeness (QED) is 0.804. The highest BCUT2D eigenvalue weighted by Gasteiger charge is 2.08. The molecule has 0 aromatic heterocycles. The fourth-order valence-corrected chi connectivity index (χ4v) is 1.87. The van der Waals surface area contributed by atoms with Crippen molar-refractivity contribution in [1.82, 2.24) is 0 Å². The highest BCUT2D eigenvalue weighted by atomic mass is 35.5. The molecule has 0 fully saturated rings. The van der Waals surface area contributed by atoms with E-state index in [0.29, 0.717) is 21.7 Å². The predicted molar refractivity (Wildman–Crippen MR) is 71.0 cm³/mol. The molecule has 0 amide bonds. The molecule has 1 N–H and O–H groups in total. The van der Waals surface area contributed by atoms with E-state index in [9.17, 15) is 0 Å². The van der Waals surface area contributed by atoms with Gasteiger partial charge in [0, 0.05) is 19.8 Å². The number of ether oxygens (including phenoxy) is 1. The van der Waals surface area contributed by atoms with E-state index in [4.69, 9.17) is 39.5 Å². The lowest BCUT2D eigenvalue weighted by Gasteiger charge is -2.16. The van der Waals surface area contributed by atoms with Gasteiger partial charge in [-0.2, -0.15) is 0 Å². The molecule has 1 aromatic carbocycles. The Morgan fingerprint density at radius 2 is 1.81 bits per heavy atom. The van der Waals surface area contributed by atoms with Gasteiger partial charge in [0.15, 0.2) is 0 Å². The van der Waals surface area contributed by atoms with E-state index in [1.54, 1.807) is 19.2 Å². The number of hydrogen-bond acceptors (Lipinski definition) is 2. The van der Waals surface area contributed by atoms with Gasteiger partial charge in [0.05, 0.1) is 20.8 Å².